The molecule has 0 aliphatic rings. The average Bonchev–Trinajstić information content (AvgIpc) is 2.79. The van der Waals surface area contributed by atoms with Gasteiger partial charge >= 0.3 is 0 Å². The Labute approximate surface area is 98.0 Å². The minimum absolute atomic E-state index is 0.0622. The Balaban J connectivity index is 2.38. The predicted octanol–water partition coefficient (Wildman–Crippen LogP) is 1.47. The Hall–Kier alpha value is -2.08. The maximum absolute atomic E-state index is 9.47. The van der Waals surface area contributed by atoms with E-state index in [9.17, 15) is 5.11 Å². The first-order valence-electron chi connectivity index (χ1n) is 5.08. The van der Waals surface area contributed by atoms with E-state index in [4.69, 9.17) is 15.0 Å². The van der Waals surface area contributed by atoms with Crippen LogP contribution in [-0.2, 0) is 0 Å². The van der Waals surface area contributed by atoms with Crippen LogP contribution in [-0.4, -0.2) is 22.4 Å². The van der Waals surface area contributed by atoms with Crippen molar-refractivity contribution in [2.75, 3.05) is 7.11 Å². The van der Waals surface area contributed by atoms with Gasteiger partial charge in [0, 0.05) is 5.56 Å². The van der Waals surface area contributed by atoms with Crippen LogP contribution in [0.25, 0.3) is 11.4 Å². The van der Waals surface area contributed by atoms with Crippen LogP contribution in [0.2, 0.25) is 0 Å². The summed E-state index contributed by atoms with van der Waals surface area (Å²) in [7, 11) is 1.47. The van der Waals surface area contributed by atoms with E-state index in [0.29, 0.717) is 23.0 Å². The summed E-state index contributed by atoms with van der Waals surface area (Å²) in [6.45, 7) is 1.76. The number of hydrogen-bond acceptors (Lipinski definition) is 6. The second kappa shape index (κ2) is 4.42. The molecule has 6 heteroatoms. The van der Waals surface area contributed by atoms with E-state index in [0.717, 1.165) is 0 Å². The number of nitrogens with zero attached hydrogens (tertiary/aromatic N) is 2. The first kappa shape index (κ1) is 11.4. The summed E-state index contributed by atoms with van der Waals surface area (Å²) in [6.07, 6.45) is 0. The van der Waals surface area contributed by atoms with E-state index in [2.05, 4.69) is 10.1 Å². The van der Waals surface area contributed by atoms with Gasteiger partial charge in [0.05, 0.1) is 13.2 Å². The van der Waals surface area contributed by atoms with Gasteiger partial charge in [-0.3, -0.25) is 0 Å². The van der Waals surface area contributed by atoms with Crippen LogP contribution < -0.4 is 10.5 Å². The third-order valence-corrected chi connectivity index (χ3v) is 2.27. The van der Waals surface area contributed by atoms with Crippen LogP contribution in [0, 0.1) is 0 Å². The van der Waals surface area contributed by atoms with Gasteiger partial charge < -0.3 is 20.1 Å². The zero-order chi connectivity index (χ0) is 12.4. The number of phenols is 1. The number of nitrogens with two attached hydrogens (primary N) is 1. The number of methoxy groups -OCH3 is 1. The van der Waals surface area contributed by atoms with Gasteiger partial charge in [0.15, 0.2) is 11.5 Å². The van der Waals surface area contributed by atoms with Gasteiger partial charge in [0.1, 0.15) is 0 Å². The lowest BCUT2D eigenvalue weighted by Gasteiger charge is -2.03. The Morgan fingerprint density at radius 1 is 1.47 bits per heavy atom. The Morgan fingerprint density at radius 3 is 2.82 bits per heavy atom. The molecule has 0 fully saturated rings. The molecule has 2 rings (SSSR count). The normalized spacial score (nSPS) is 12.4. The van der Waals surface area contributed by atoms with E-state index < -0.39 is 0 Å². The van der Waals surface area contributed by atoms with Crippen molar-refractivity contribution in [1.82, 2.24) is 10.1 Å². The number of aromatic hydroxyl groups is 1. The van der Waals surface area contributed by atoms with Crippen LogP contribution >= 0.6 is 0 Å². The van der Waals surface area contributed by atoms with E-state index in [-0.39, 0.29) is 11.8 Å². The maximum atomic E-state index is 9.47. The molecule has 17 heavy (non-hydrogen) atoms. The zero-order valence-electron chi connectivity index (χ0n) is 9.54. The van der Waals surface area contributed by atoms with Crippen molar-refractivity contribution < 1.29 is 14.4 Å². The smallest absolute Gasteiger partial charge is 0.243 e. The van der Waals surface area contributed by atoms with Crippen LogP contribution in [0.3, 0.4) is 0 Å². The summed E-state index contributed by atoms with van der Waals surface area (Å²) >= 11 is 0. The average molecular weight is 235 g/mol. The summed E-state index contributed by atoms with van der Waals surface area (Å²) in [4.78, 5) is 4.15. The fourth-order valence-electron chi connectivity index (χ4n) is 1.35. The van der Waals surface area contributed by atoms with Gasteiger partial charge in [0.2, 0.25) is 11.7 Å². The lowest BCUT2D eigenvalue weighted by atomic mass is 10.2. The molecule has 0 saturated heterocycles. The van der Waals surface area contributed by atoms with Crippen LogP contribution in [0.5, 0.6) is 11.5 Å². The molecule has 1 heterocycles. The molecule has 0 unspecified atom stereocenters. The van der Waals surface area contributed by atoms with Crippen molar-refractivity contribution in [2.24, 2.45) is 5.73 Å². The number of hydrogen-bond donors (Lipinski definition) is 2. The first-order chi connectivity index (χ1) is 8.11. The molecule has 1 aromatic heterocycles. The second-order valence-electron chi connectivity index (χ2n) is 3.63. The number of rotatable bonds is 3. The molecule has 0 spiro atoms. The number of aromatic nitrogens is 2. The molecule has 2 aromatic rings. The Morgan fingerprint density at radius 2 is 2.24 bits per heavy atom. The van der Waals surface area contributed by atoms with E-state index in [1.165, 1.54) is 13.2 Å². The highest BCUT2D eigenvalue weighted by molar-refractivity contribution is 5.60. The van der Waals surface area contributed by atoms with E-state index in [1.54, 1.807) is 19.1 Å². The quantitative estimate of drug-likeness (QED) is 0.836. The number of phenolic OH excluding ortho intramolecular Hbond substituents is 1. The monoisotopic (exact) mass is 235 g/mol. The summed E-state index contributed by atoms with van der Waals surface area (Å²) in [6, 6.07) is 4.50. The fourth-order valence-corrected chi connectivity index (χ4v) is 1.35. The van der Waals surface area contributed by atoms with Gasteiger partial charge in [-0.1, -0.05) is 5.16 Å². The molecule has 0 aliphatic heterocycles. The molecule has 0 amide bonds. The highest BCUT2D eigenvalue weighted by Crippen LogP contribution is 2.30. The SMILES string of the molecule is COc1cc(-c2noc([C@H](C)N)n2)ccc1O. The van der Waals surface area contributed by atoms with E-state index in [1.807, 2.05) is 0 Å². The van der Waals surface area contributed by atoms with Crippen molar-refractivity contribution in [2.45, 2.75) is 13.0 Å². The molecule has 1 aromatic carbocycles. The summed E-state index contributed by atoms with van der Waals surface area (Å²) in [5.74, 6) is 1.20. The minimum Gasteiger partial charge on any atom is -0.504 e. The molecule has 3 N–H and O–H groups in total. The summed E-state index contributed by atoms with van der Waals surface area (Å²) < 4.78 is 10.00. The largest absolute Gasteiger partial charge is 0.504 e. The van der Waals surface area contributed by atoms with E-state index >= 15 is 0 Å². The topological polar surface area (TPSA) is 94.4 Å². The zero-order valence-corrected chi connectivity index (χ0v) is 9.54. The number of benzene rings is 1. The Kier molecular flexibility index (Phi) is 2.97. The standard InChI is InChI=1S/C11H13N3O3/c1-6(12)11-13-10(14-17-11)7-3-4-8(15)9(5-7)16-2/h3-6,15H,12H2,1-2H3/t6-/m0/s1. The molecule has 90 valence electrons. The van der Waals surface area contributed by atoms with Crippen molar-refractivity contribution in [3.05, 3.63) is 24.1 Å². The van der Waals surface area contributed by atoms with Gasteiger partial charge in [0.25, 0.3) is 0 Å². The fraction of sp³-hybridized carbons (Fsp3) is 0.273. The second-order valence-corrected chi connectivity index (χ2v) is 3.63. The minimum atomic E-state index is -0.310. The highest BCUT2D eigenvalue weighted by Gasteiger charge is 2.13. The number of ether oxygens (including phenoxy) is 1. The third kappa shape index (κ3) is 2.21. The maximum Gasteiger partial charge on any atom is 0.243 e. The van der Waals surface area contributed by atoms with Gasteiger partial charge in [-0.15, -0.1) is 0 Å². The van der Waals surface area contributed by atoms with Crippen molar-refractivity contribution in [3.63, 3.8) is 0 Å². The van der Waals surface area contributed by atoms with Crippen LogP contribution in [0.4, 0.5) is 0 Å². The van der Waals surface area contributed by atoms with Crippen molar-refractivity contribution in [3.8, 4) is 22.9 Å². The lowest BCUT2D eigenvalue weighted by molar-refractivity contribution is 0.361. The molecule has 0 saturated carbocycles. The van der Waals surface area contributed by atoms with Crippen LogP contribution in [0.15, 0.2) is 22.7 Å². The predicted molar refractivity (Wildman–Crippen MR) is 60.6 cm³/mol. The summed E-state index contributed by atoms with van der Waals surface area (Å²) in [5.41, 5.74) is 6.31. The van der Waals surface area contributed by atoms with Crippen molar-refractivity contribution >= 4 is 0 Å². The van der Waals surface area contributed by atoms with Crippen molar-refractivity contribution in [1.29, 1.82) is 0 Å². The molecular formula is C11H13N3O3. The third-order valence-electron chi connectivity index (χ3n) is 2.27. The van der Waals surface area contributed by atoms with Gasteiger partial charge in [-0.2, -0.15) is 4.98 Å². The molecule has 0 aliphatic carbocycles. The van der Waals surface area contributed by atoms with Gasteiger partial charge in [-0.05, 0) is 25.1 Å². The highest BCUT2D eigenvalue weighted by atomic mass is 16.5. The molecular weight excluding hydrogens is 222 g/mol. The lowest BCUT2D eigenvalue weighted by Crippen LogP contribution is -2.04. The van der Waals surface area contributed by atoms with Gasteiger partial charge in [-0.25, -0.2) is 0 Å². The molecule has 0 radical (unpaired) electrons. The first-order valence-corrected chi connectivity index (χ1v) is 5.08. The molecule has 0 bridgehead atoms. The summed E-state index contributed by atoms with van der Waals surface area (Å²) in [5, 5.41) is 13.3. The van der Waals surface area contributed by atoms with Crippen LogP contribution in [0.1, 0.15) is 18.9 Å². The molecule has 1 atom stereocenters. The Bertz CT molecular complexity index is 522. The molecule has 6 nitrogen and oxygen atoms in total.